The molecule has 4 nitrogen and oxygen atoms in total. The van der Waals surface area contributed by atoms with Crippen LogP contribution in [0.15, 0.2) is 60.7 Å². The number of nitrogens with zero attached hydrogens (tertiary/aromatic N) is 1. The van der Waals surface area contributed by atoms with Gasteiger partial charge in [-0.15, -0.1) is 0 Å². The molecule has 32 heavy (non-hydrogen) atoms. The smallest absolute Gasteiger partial charge is 0.410 e. The fourth-order valence-electron chi connectivity index (χ4n) is 4.51. The molecule has 0 aliphatic heterocycles. The minimum Gasteiger partial charge on any atom is -0.444 e. The van der Waals surface area contributed by atoms with Crippen molar-refractivity contribution >= 4 is 24.8 Å². The van der Waals surface area contributed by atoms with E-state index in [1.54, 1.807) is 0 Å². The maximum Gasteiger partial charge on any atom is 0.410 e. The Morgan fingerprint density at radius 3 is 1.78 bits per heavy atom. The lowest BCUT2D eigenvalue weighted by molar-refractivity contribution is 0.0198. The Hall–Kier alpha value is -2.11. The first-order chi connectivity index (χ1) is 15.0. The molecule has 174 valence electrons. The Bertz CT molecular complexity index is 847. The number of hydrogen-bond acceptors (Lipinski definition) is 3. The zero-order chi connectivity index (χ0) is 23.6. The van der Waals surface area contributed by atoms with Crippen LogP contribution in [-0.2, 0) is 9.16 Å². The van der Waals surface area contributed by atoms with E-state index in [4.69, 9.17) is 9.16 Å². The highest BCUT2D eigenvalue weighted by molar-refractivity contribution is 6.99. The van der Waals surface area contributed by atoms with Crippen LogP contribution in [-0.4, -0.2) is 44.1 Å². The highest BCUT2D eigenvalue weighted by Gasteiger charge is 2.50. The van der Waals surface area contributed by atoms with Crippen LogP contribution >= 0.6 is 0 Å². The van der Waals surface area contributed by atoms with Gasteiger partial charge in [0.1, 0.15) is 5.60 Å². The lowest BCUT2D eigenvalue weighted by Gasteiger charge is -2.43. The Kier molecular flexibility index (Phi) is 7.20. The fourth-order valence-corrected chi connectivity index (χ4v) is 9.06. The molecule has 0 radical (unpaired) electrons. The predicted molar refractivity (Wildman–Crippen MR) is 134 cm³/mol. The monoisotopic (exact) mass is 453 g/mol. The van der Waals surface area contributed by atoms with E-state index < -0.39 is 13.9 Å². The molecule has 0 spiro atoms. The molecule has 0 heterocycles. The van der Waals surface area contributed by atoms with Crippen molar-refractivity contribution in [3.63, 3.8) is 0 Å². The van der Waals surface area contributed by atoms with E-state index in [1.165, 1.54) is 10.4 Å². The second-order valence-corrected chi connectivity index (χ2v) is 15.3. The van der Waals surface area contributed by atoms with Crippen LogP contribution < -0.4 is 10.4 Å². The molecule has 1 fully saturated rings. The third-order valence-electron chi connectivity index (χ3n) is 6.16. The van der Waals surface area contributed by atoms with E-state index in [1.807, 2.05) is 25.7 Å². The summed E-state index contributed by atoms with van der Waals surface area (Å²) in [5.41, 5.74) is -0.508. The van der Waals surface area contributed by atoms with Crippen LogP contribution in [0, 0.1) is 5.92 Å². The van der Waals surface area contributed by atoms with Gasteiger partial charge in [-0.25, -0.2) is 4.79 Å². The molecule has 1 aliphatic carbocycles. The van der Waals surface area contributed by atoms with Crippen LogP contribution in [0.25, 0.3) is 0 Å². The first-order valence-corrected chi connectivity index (χ1v) is 13.6. The molecule has 2 aromatic carbocycles. The summed E-state index contributed by atoms with van der Waals surface area (Å²) in [6.07, 6.45) is 0.788. The molecule has 0 bridgehead atoms. The first kappa shape index (κ1) is 24.5. The van der Waals surface area contributed by atoms with Gasteiger partial charge in [-0.1, -0.05) is 88.4 Å². The largest absolute Gasteiger partial charge is 0.444 e. The zero-order valence-electron chi connectivity index (χ0n) is 20.7. The topological polar surface area (TPSA) is 38.8 Å². The molecule has 2 aromatic rings. The number of hydrogen-bond donors (Lipinski definition) is 0. The van der Waals surface area contributed by atoms with Crippen molar-refractivity contribution in [2.24, 2.45) is 5.92 Å². The van der Waals surface area contributed by atoms with Crippen molar-refractivity contribution in [1.82, 2.24) is 4.90 Å². The van der Waals surface area contributed by atoms with Gasteiger partial charge in [0.2, 0.25) is 0 Å². The predicted octanol–water partition coefficient (Wildman–Crippen LogP) is 5.21. The van der Waals surface area contributed by atoms with Crippen molar-refractivity contribution in [1.29, 1.82) is 0 Å². The molecular formula is C27H39NO3Si. The standard InChI is InChI=1S/C27H39NO3Si/c1-21-20-24(21)28(25(29)31-26(2,3)4)18-19-30-32(27(5,6)7,22-14-10-8-11-15-22)23-16-12-9-13-17-23/h8-17,21,24H,18-20H2,1-7H3/t21-,24?/m0/s1. The summed E-state index contributed by atoms with van der Waals surface area (Å²) >= 11 is 0. The van der Waals surface area contributed by atoms with E-state index in [9.17, 15) is 4.79 Å². The summed E-state index contributed by atoms with van der Waals surface area (Å²) in [4.78, 5) is 14.8. The lowest BCUT2D eigenvalue weighted by Crippen LogP contribution is -2.67. The Morgan fingerprint density at radius 2 is 1.41 bits per heavy atom. The Labute approximate surface area is 195 Å². The van der Waals surface area contributed by atoms with E-state index in [-0.39, 0.29) is 17.2 Å². The average molecular weight is 454 g/mol. The van der Waals surface area contributed by atoms with Gasteiger partial charge in [0.05, 0.1) is 6.61 Å². The number of rotatable bonds is 7. The number of amides is 1. The van der Waals surface area contributed by atoms with Gasteiger partial charge >= 0.3 is 6.09 Å². The van der Waals surface area contributed by atoms with Crippen LogP contribution in [0.4, 0.5) is 4.79 Å². The number of carbonyl (C=O) groups excluding carboxylic acids is 1. The first-order valence-electron chi connectivity index (χ1n) is 11.7. The highest BCUT2D eigenvalue weighted by atomic mass is 28.4. The molecule has 1 amide bonds. The molecular weight excluding hydrogens is 414 g/mol. The maximum absolute atomic E-state index is 12.9. The second-order valence-electron chi connectivity index (χ2n) is 11.0. The number of carbonyl (C=O) groups is 1. The molecule has 2 atom stereocenters. The van der Waals surface area contributed by atoms with Gasteiger partial charge in [0.15, 0.2) is 0 Å². The molecule has 1 saturated carbocycles. The van der Waals surface area contributed by atoms with E-state index in [0.717, 1.165) is 6.42 Å². The minimum absolute atomic E-state index is 0.0840. The van der Waals surface area contributed by atoms with Crippen LogP contribution in [0.3, 0.4) is 0 Å². The summed E-state index contributed by atoms with van der Waals surface area (Å²) in [6.45, 7) is 15.8. The summed E-state index contributed by atoms with van der Waals surface area (Å²) < 4.78 is 12.7. The average Bonchev–Trinajstić information content (AvgIpc) is 3.43. The van der Waals surface area contributed by atoms with Crippen molar-refractivity contribution in [3.05, 3.63) is 60.7 Å². The summed E-state index contributed by atoms with van der Waals surface area (Å²) in [7, 11) is -2.61. The maximum atomic E-state index is 12.9. The summed E-state index contributed by atoms with van der Waals surface area (Å²) in [5, 5.41) is 2.42. The molecule has 3 rings (SSSR count). The molecule has 1 unspecified atom stereocenters. The van der Waals surface area contributed by atoms with E-state index in [0.29, 0.717) is 19.1 Å². The molecule has 1 aliphatic rings. The van der Waals surface area contributed by atoms with E-state index in [2.05, 4.69) is 88.4 Å². The molecule has 0 N–H and O–H groups in total. The Morgan fingerprint density at radius 1 is 0.938 bits per heavy atom. The van der Waals surface area contributed by atoms with Gasteiger partial charge in [0, 0.05) is 12.6 Å². The van der Waals surface area contributed by atoms with Crippen LogP contribution in [0.1, 0.15) is 54.9 Å². The molecule has 5 heteroatoms. The van der Waals surface area contributed by atoms with Crippen molar-refractivity contribution < 1.29 is 14.0 Å². The van der Waals surface area contributed by atoms with Gasteiger partial charge < -0.3 is 14.1 Å². The van der Waals surface area contributed by atoms with E-state index >= 15 is 0 Å². The van der Waals surface area contributed by atoms with Crippen LogP contribution in [0.2, 0.25) is 5.04 Å². The fraction of sp³-hybridized carbons (Fsp3) is 0.519. The molecule has 0 aromatic heterocycles. The molecule has 0 saturated heterocycles. The van der Waals surface area contributed by atoms with Crippen molar-refractivity contribution in [3.8, 4) is 0 Å². The normalized spacial score (nSPS) is 18.8. The summed E-state index contributed by atoms with van der Waals surface area (Å²) in [5.74, 6) is 0.510. The van der Waals surface area contributed by atoms with Crippen molar-refractivity contribution in [2.75, 3.05) is 13.2 Å². The highest BCUT2D eigenvalue weighted by Crippen LogP contribution is 2.38. The quantitative estimate of drug-likeness (QED) is 0.540. The minimum atomic E-state index is -2.61. The number of benzene rings is 2. The second kappa shape index (κ2) is 9.40. The third-order valence-corrected chi connectivity index (χ3v) is 11.2. The van der Waals surface area contributed by atoms with Crippen LogP contribution in [0.5, 0.6) is 0 Å². The van der Waals surface area contributed by atoms with Gasteiger partial charge in [-0.2, -0.15) is 0 Å². The third kappa shape index (κ3) is 5.44. The summed E-state index contributed by atoms with van der Waals surface area (Å²) in [6, 6.07) is 21.5. The zero-order valence-corrected chi connectivity index (χ0v) is 21.7. The van der Waals surface area contributed by atoms with Gasteiger partial charge in [-0.05, 0) is 48.5 Å². The van der Waals surface area contributed by atoms with Gasteiger partial charge in [-0.3, -0.25) is 0 Å². The number of ether oxygens (including phenoxy) is 1. The lowest BCUT2D eigenvalue weighted by atomic mass is 10.2. The van der Waals surface area contributed by atoms with Gasteiger partial charge in [0.25, 0.3) is 8.32 Å². The SMILES string of the molecule is C[C@H]1CC1N(CCO[Si](c1ccccc1)(c1ccccc1)C(C)(C)C)C(=O)OC(C)(C)C. The Balaban J connectivity index is 1.89. The van der Waals surface area contributed by atoms with Crippen molar-refractivity contribution in [2.45, 2.75) is 71.6 Å².